The summed E-state index contributed by atoms with van der Waals surface area (Å²) >= 11 is 12.0. The lowest BCUT2D eigenvalue weighted by atomic mass is 9.78. The van der Waals surface area contributed by atoms with Gasteiger partial charge in [-0.3, -0.25) is 9.78 Å². The Bertz CT molecular complexity index is 515. The summed E-state index contributed by atoms with van der Waals surface area (Å²) in [6.45, 7) is 0. The molecule has 0 aromatic carbocycles. The highest BCUT2D eigenvalue weighted by Crippen LogP contribution is 2.30. The summed E-state index contributed by atoms with van der Waals surface area (Å²) in [6, 6.07) is 2.37. The van der Waals surface area contributed by atoms with Crippen LogP contribution < -0.4 is 5.32 Å². The maximum absolute atomic E-state index is 11.8. The molecular weight excluding hydrogens is 297 g/mol. The van der Waals surface area contributed by atoms with E-state index in [0.29, 0.717) is 35.2 Å². The van der Waals surface area contributed by atoms with Gasteiger partial charge in [0, 0.05) is 31.3 Å². The first kappa shape index (κ1) is 15.1. The molecule has 4 nitrogen and oxygen atoms in total. The molecule has 1 fully saturated rings. The van der Waals surface area contributed by atoms with E-state index in [1.54, 1.807) is 0 Å². The van der Waals surface area contributed by atoms with E-state index in [1.807, 2.05) is 0 Å². The van der Waals surface area contributed by atoms with Gasteiger partial charge in [0.15, 0.2) is 0 Å². The van der Waals surface area contributed by atoms with Crippen molar-refractivity contribution in [2.75, 3.05) is 0 Å². The number of nitrogens with zero attached hydrogens (tertiary/aromatic N) is 2. The fourth-order valence-electron chi connectivity index (χ4n) is 2.36. The molecule has 1 heterocycles. The van der Waals surface area contributed by atoms with Crippen molar-refractivity contribution < 1.29 is 4.79 Å². The van der Waals surface area contributed by atoms with Crippen LogP contribution >= 0.6 is 23.2 Å². The number of hydrogen-bond acceptors (Lipinski definition) is 3. The van der Waals surface area contributed by atoms with Gasteiger partial charge in [-0.2, -0.15) is 5.26 Å². The molecule has 0 spiro atoms. The van der Waals surface area contributed by atoms with Crippen molar-refractivity contribution in [1.29, 1.82) is 5.26 Å². The smallest absolute Gasteiger partial charge is 0.220 e. The second-order valence-electron chi connectivity index (χ2n) is 5.05. The third kappa shape index (κ3) is 3.84. The zero-order chi connectivity index (χ0) is 14.5. The molecule has 106 valence electrons. The SMILES string of the molecule is N#CCC1CC(NC(=O)CCc2c(Cl)cncc2Cl)C1. The normalized spacial score (nSPS) is 20.9. The summed E-state index contributed by atoms with van der Waals surface area (Å²) in [5, 5.41) is 12.5. The van der Waals surface area contributed by atoms with E-state index in [2.05, 4.69) is 16.4 Å². The number of aromatic nitrogens is 1. The number of carbonyl (C=O) groups excluding carboxylic acids is 1. The Morgan fingerprint density at radius 1 is 1.40 bits per heavy atom. The fourth-order valence-corrected chi connectivity index (χ4v) is 2.92. The summed E-state index contributed by atoms with van der Waals surface area (Å²) in [6.07, 6.45) is 6.28. The molecule has 6 heteroatoms. The highest BCUT2D eigenvalue weighted by atomic mass is 35.5. The summed E-state index contributed by atoms with van der Waals surface area (Å²) in [5.41, 5.74) is 0.759. The van der Waals surface area contributed by atoms with Crippen molar-refractivity contribution in [2.24, 2.45) is 5.92 Å². The third-order valence-corrected chi connectivity index (χ3v) is 4.19. The first-order valence-corrected chi connectivity index (χ1v) is 7.30. The minimum absolute atomic E-state index is 0.00523. The molecule has 1 N–H and O–H groups in total. The van der Waals surface area contributed by atoms with Crippen LogP contribution in [-0.4, -0.2) is 16.9 Å². The molecule has 1 aliphatic rings. The van der Waals surface area contributed by atoms with E-state index >= 15 is 0 Å². The van der Waals surface area contributed by atoms with Gasteiger partial charge in [0.05, 0.1) is 16.1 Å². The van der Waals surface area contributed by atoms with Crippen LogP contribution in [-0.2, 0) is 11.2 Å². The molecule has 0 radical (unpaired) electrons. The van der Waals surface area contributed by atoms with Crippen molar-refractivity contribution >= 4 is 29.1 Å². The zero-order valence-electron chi connectivity index (χ0n) is 10.9. The first-order valence-electron chi connectivity index (χ1n) is 6.54. The van der Waals surface area contributed by atoms with Gasteiger partial charge in [-0.05, 0) is 30.7 Å². The van der Waals surface area contributed by atoms with Crippen LogP contribution in [0.4, 0.5) is 0 Å². The van der Waals surface area contributed by atoms with E-state index in [1.165, 1.54) is 12.4 Å². The molecule has 1 saturated carbocycles. The number of nitrogens with one attached hydrogen (secondary N) is 1. The molecule has 2 rings (SSSR count). The van der Waals surface area contributed by atoms with Crippen molar-refractivity contribution in [1.82, 2.24) is 10.3 Å². The van der Waals surface area contributed by atoms with Crippen LogP contribution in [0.25, 0.3) is 0 Å². The van der Waals surface area contributed by atoms with E-state index in [9.17, 15) is 4.79 Å². The second kappa shape index (κ2) is 6.92. The van der Waals surface area contributed by atoms with Gasteiger partial charge in [0.2, 0.25) is 5.91 Å². The van der Waals surface area contributed by atoms with Gasteiger partial charge in [0.1, 0.15) is 0 Å². The second-order valence-corrected chi connectivity index (χ2v) is 5.86. The van der Waals surface area contributed by atoms with E-state index < -0.39 is 0 Å². The minimum Gasteiger partial charge on any atom is -0.353 e. The van der Waals surface area contributed by atoms with Gasteiger partial charge in [0.25, 0.3) is 0 Å². The Morgan fingerprint density at radius 3 is 2.65 bits per heavy atom. The van der Waals surface area contributed by atoms with Gasteiger partial charge in [-0.1, -0.05) is 23.2 Å². The summed E-state index contributed by atoms with van der Waals surface area (Å²) in [7, 11) is 0. The Morgan fingerprint density at radius 2 is 2.05 bits per heavy atom. The molecule has 1 aromatic rings. The quantitative estimate of drug-likeness (QED) is 0.908. The Labute approximate surface area is 128 Å². The zero-order valence-corrected chi connectivity index (χ0v) is 12.4. The monoisotopic (exact) mass is 311 g/mol. The maximum Gasteiger partial charge on any atom is 0.220 e. The van der Waals surface area contributed by atoms with Crippen LogP contribution in [0.2, 0.25) is 10.0 Å². The van der Waals surface area contributed by atoms with Crippen LogP contribution in [0.3, 0.4) is 0 Å². The Kier molecular flexibility index (Phi) is 5.22. The minimum atomic E-state index is -0.00523. The van der Waals surface area contributed by atoms with Crippen molar-refractivity contribution in [3.8, 4) is 6.07 Å². The first-order chi connectivity index (χ1) is 9.60. The molecule has 1 aromatic heterocycles. The lowest BCUT2D eigenvalue weighted by molar-refractivity contribution is -0.122. The molecule has 0 unspecified atom stereocenters. The molecule has 0 saturated heterocycles. The van der Waals surface area contributed by atoms with Gasteiger partial charge in [-0.25, -0.2) is 0 Å². The predicted octanol–water partition coefficient (Wildman–Crippen LogP) is 3.13. The highest BCUT2D eigenvalue weighted by Gasteiger charge is 2.29. The molecule has 0 atom stereocenters. The maximum atomic E-state index is 11.8. The van der Waals surface area contributed by atoms with Crippen molar-refractivity contribution in [3.63, 3.8) is 0 Å². The predicted molar refractivity (Wildman–Crippen MR) is 77.5 cm³/mol. The number of carbonyl (C=O) groups is 1. The van der Waals surface area contributed by atoms with E-state index in [0.717, 1.165) is 18.4 Å². The molecular formula is C14H15Cl2N3O. The summed E-state index contributed by atoms with van der Waals surface area (Å²) < 4.78 is 0. The van der Waals surface area contributed by atoms with Crippen molar-refractivity contribution in [3.05, 3.63) is 28.0 Å². The molecule has 1 aliphatic carbocycles. The number of hydrogen-bond donors (Lipinski definition) is 1. The van der Waals surface area contributed by atoms with Crippen LogP contribution in [0, 0.1) is 17.2 Å². The number of rotatable bonds is 5. The van der Waals surface area contributed by atoms with Crippen LogP contribution in [0.1, 0.15) is 31.2 Å². The lowest BCUT2D eigenvalue weighted by Crippen LogP contribution is -2.44. The Balaban J connectivity index is 1.75. The number of halogens is 2. The molecule has 20 heavy (non-hydrogen) atoms. The third-order valence-electron chi connectivity index (χ3n) is 3.54. The average molecular weight is 312 g/mol. The van der Waals surface area contributed by atoms with Crippen LogP contribution in [0.15, 0.2) is 12.4 Å². The van der Waals surface area contributed by atoms with Gasteiger partial charge in [-0.15, -0.1) is 0 Å². The van der Waals surface area contributed by atoms with Gasteiger partial charge >= 0.3 is 0 Å². The lowest BCUT2D eigenvalue weighted by Gasteiger charge is -2.34. The van der Waals surface area contributed by atoms with E-state index in [4.69, 9.17) is 28.5 Å². The topological polar surface area (TPSA) is 65.8 Å². The highest BCUT2D eigenvalue weighted by molar-refractivity contribution is 6.35. The average Bonchev–Trinajstić information content (AvgIpc) is 2.36. The van der Waals surface area contributed by atoms with E-state index in [-0.39, 0.29) is 11.9 Å². The molecule has 0 bridgehead atoms. The van der Waals surface area contributed by atoms with Gasteiger partial charge < -0.3 is 5.32 Å². The molecule has 1 amide bonds. The number of nitriles is 1. The largest absolute Gasteiger partial charge is 0.353 e. The fraction of sp³-hybridized carbons (Fsp3) is 0.500. The number of pyridine rings is 1. The van der Waals surface area contributed by atoms with Crippen LogP contribution in [0.5, 0.6) is 0 Å². The Hall–Kier alpha value is -1.31. The number of amides is 1. The summed E-state index contributed by atoms with van der Waals surface area (Å²) in [4.78, 5) is 15.7. The summed E-state index contributed by atoms with van der Waals surface area (Å²) in [5.74, 6) is 0.434. The van der Waals surface area contributed by atoms with Crippen molar-refractivity contribution in [2.45, 2.75) is 38.1 Å². The molecule has 0 aliphatic heterocycles. The standard InChI is InChI=1S/C14H15Cl2N3O/c15-12-7-18-8-13(16)11(12)1-2-14(20)19-10-5-9(6-10)3-4-17/h7-10H,1-3,5-6H2,(H,19,20).